The van der Waals surface area contributed by atoms with Gasteiger partial charge in [0.1, 0.15) is 0 Å². The standard InChI is InChI=1S/C7H16N2.ClH/c1-7(2)9-5-3-8-4-6-9;/h7-8H,3-6H2,1-2H3;1H/i1D3,2D3;. The van der Waals surface area contributed by atoms with E-state index in [4.69, 9.17) is 8.22 Å². The molecule has 1 saturated heterocycles. The lowest BCUT2D eigenvalue weighted by Crippen LogP contribution is -2.46. The second-order valence-corrected chi connectivity index (χ2v) is 2.19. The van der Waals surface area contributed by atoms with Crippen LogP contribution < -0.4 is 5.32 Å². The predicted molar refractivity (Wildman–Crippen MR) is 46.8 cm³/mol. The van der Waals surface area contributed by atoms with Gasteiger partial charge in [-0.2, -0.15) is 0 Å². The van der Waals surface area contributed by atoms with Crippen LogP contribution in [0.1, 0.15) is 21.9 Å². The van der Waals surface area contributed by atoms with Crippen LogP contribution >= 0.6 is 12.4 Å². The van der Waals surface area contributed by atoms with E-state index in [-0.39, 0.29) is 12.4 Å². The van der Waals surface area contributed by atoms with Gasteiger partial charge in [-0.15, -0.1) is 12.4 Å². The molecule has 0 aliphatic carbocycles. The van der Waals surface area contributed by atoms with E-state index in [1.165, 1.54) is 4.90 Å². The number of halogens is 1. The maximum Gasteiger partial charge on any atom is 0.0246 e. The highest BCUT2D eigenvalue weighted by atomic mass is 35.5. The number of hydrogen-bond donors (Lipinski definition) is 1. The lowest BCUT2D eigenvalue weighted by atomic mass is 10.3. The second kappa shape index (κ2) is 4.94. The molecule has 1 rings (SSSR count). The third-order valence-corrected chi connectivity index (χ3v) is 1.52. The van der Waals surface area contributed by atoms with Gasteiger partial charge in [-0.1, -0.05) is 0 Å². The fourth-order valence-corrected chi connectivity index (χ4v) is 0.940. The molecule has 1 heterocycles. The van der Waals surface area contributed by atoms with E-state index in [1.807, 2.05) is 0 Å². The van der Waals surface area contributed by atoms with Crippen molar-refractivity contribution in [1.82, 2.24) is 10.2 Å². The van der Waals surface area contributed by atoms with E-state index in [0.29, 0.717) is 26.2 Å². The zero-order valence-electron chi connectivity index (χ0n) is 11.8. The lowest BCUT2D eigenvalue weighted by molar-refractivity contribution is 0.196. The van der Waals surface area contributed by atoms with Crippen LogP contribution in [-0.4, -0.2) is 37.1 Å². The van der Waals surface area contributed by atoms with E-state index >= 15 is 0 Å². The first-order valence-electron chi connectivity index (χ1n) is 6.18. The van der Waals surface area contributed by atoms with Gasteiger partial charge in [0, 0.05) is 40.4 Å². The van der Waals surface area contributed by atoms with Gasteiger partial charge < -0.3 is 5.32 Å². The molecule has 2 nitrogen and oxygen atoms in total. The molecular formula is C7H17ClN2. The van der Waals surface area contributed by atoms with Crippen molar-refractivity contribution in [1.29, 1.82) is 0 Å². The van der Waals surface area contributed by atoms with E-state index in [1.54, 1.807) is 0 Å². The van der Waals surface area contributed by atoms with Crippen molar-refractivity contribution in [3.63, 3.8) is 0 Å². The van der Waals surface area contributed by atoms with Crippen LogP contribution in [0, 0.1) is 0 Å². The largest absolute Gasteiger partial charge is 0.314 e. The van der Waals surface area contributed by atoms with Crippen LogP contribution in [-0.2, 0) is 0 Å². The lowest BCUT2D eigenvalue weighted by Gasteiger charge is -2.30. The molecule has 0 aromatic carbocycles. The molecule has 0 radical (unpaired) electrons. The Balaban J connectivity index is 0.00000225. The molecule has 0 aromatic heterocycles. The summed E-state index contributed by atoms with van der Waals surface area (Å²) < 4.78 is 43.8. The molecule has 0 saturated carbocycles. The Morgan fingerprint density at radius 3 is 2.50 bits per heavy atom. The molecule has 10 heavy (non-hydrogen) atoms. The number of nitrogens with zero attached hydrogens (tertiary/aromatic N) is 1. The van der Waals surface area contributed by atoms with Crippen molar-refractivity contribution >= 4 is 12.4 Å². The quantitative estimate of drug-likeness (QED) is 0.624. The molecule has 0 atom stereocenters. The average Bonchev–Trinajstić information content (AvgIpc) is 2.00. The summed E-state index contributed by atoms with van der Waals surface area (Å²) in [6.45, 7) is -2.68. The first kappa shape index (κ1) is 3.74. The number of rotatable bonds is 1. The number of hydrogen-bond acceptors (Lipinski definition) is 2. The molecule has 0 aromatic rings. The Morgan fingerprint density at radius 1 is 1.40 bits per heavy atom. The van der Waals surface area contributed by atoms with Gasteiger partial charge in [0.25, 0.3) is 0 Å². The summed E-state index contributed by atoms with van der Waals surface area (Å²) in [5, 5.41) is 3.06. The van der Waals surface area contributed by atoms with Gasteiger partial charge in [0.05, 0.1) is 0 Å². The molecule has 1 fully saturated rings. The highest BCUT2D eigenvalue weighted by Crippen LogP contribution is 1.97. The molecule has 1 aliphatic heterocycles. The van der Waals surface area contributed by atoms with Crippen molar-refractivity contribution in [2.75, 3.05) is 26.2 Å². The molecule has 0 unspecified atom stereocenters. The average molecular weight is 171 g/mol. The highest BCUT2D eigenvalue weighted by molar-refractivity contribution is 5.85. The van der Waals surface area contributed by atoms with Gasteiger partial charge >= 0.3 is 0 Å². The van der Waals surface area contributed by atoms with Gasteiger partial charge in [0.15, 0.2) is 0 Å². The fourth-order valence-electron chi connectivity index (χ4n) is 0.940. The summed E-state index contributed by atoms with van der Waals surface area (Å²) in [6.07, 6.45) is 0. The van der Waals surface area contributed by atoms with Gasteiger partial charge in [0.2, 0.25) is 0 Å². The van der Waals surface area contributed by atoms with Crippen LogP contribution in [0.15, 0.2) is 0 Å². The predicted octanol–water partition coefficient (Wildman–Crippen LogP) is 0.722. The zero-order chi connectivity index (χ0) is 11.7. The highest BCUT2D eigenvalue weighted by Gasteiger charge is 2.11. The molecule has 3 heteroatoms. The van der Waals surface area contributed by atoms with Crippen molar-refractivity contribution in [3.8, 4) is 0 Å². The van der Waals surface area contributed by atoms with Gasteiger partial charge in [-0.05, 0) is 13.7 Å². The minimum Gasteiger partial charge on any atom is -0.314 e. The van der Waals surface area contributed by atoms with Crippen LogP contribution in [0.5, 0.6) is 0 Å². The Labute approximate surface area is 77.8 Å². The summed E-state index contributed by atoms with van der Waals surface area (Å²) in [7, 11) is 0. The Kier molecular flexibility index (Phi) is 1.85. The van der Waals surface area contributed by atoms with Crippen molar-refractivity contribution < 1.29 is 8.22 Å². The first-order chi connectivity index (χ1) is 6.73. The molecule has 0 bridgehead atoms. The van der Waals surface area contributed by atoms with Crippen LogP contribution in [0.25, 0.3) is 0 Å². The molecule has 1 N–H and O–H groups in total. The molecule has 62 valence electrons. The van der Waals surface area contributed by atoms with Crippen LogP contribution in [0.2, 0.25) is 0 Å². The fraction of sp³-hybridized carbons (Fsp3) is 1.00. The smallest absolute Gasteiger partial charge is 0.0246 e. The molecule has 0 spiro atoms. The normalized spacial score (nSPS) is 32.1. The second-order valence-electron chi connectivity index (χ2n) is 2.19. The molecule has 1 aliphatic rings. The Bertz CT molecular complexity index is 196. The SMILES string of the molecule is Cl.[2H]C([2H])([2H])C(N1CCNCC1)C([2H])([2H])[2H]. The van der Waals surface area contributed by atoms with Crippen LogP contribution in [0.4, 0.5) is 0 Å². The van der Waals surface area contributed by atoms with Crippen molar-refractivity contribution in [3.05, 3.63) is 0 Å². The topological polar surface area (TPSA) is 15.3 Å². The number of piperazine rings is 1. The summed E-state index contributed by atoms with van der Waals surface area (Å²) in [5.74, 6) is 0. The number of nitrogens with one attached hydrogen (secondary N) is 1. The minimum absolute atomic E-state index is 0. The first-order valence-corrected chi connectivity index (χ1v) is 3.18. The third kappa shape index (κ3) is 2.86. The van der Waals surface area contributed by atoms with Crippen molar-refractivity contribution in [2.24, 2.45) is 0 Å². The maximum atomic E-state index is 7.29. The molecule has 0 amide bonds. The summed E-state index contributed by atoms with van der Waals surface area (Å²) in [4.78, 5) is 1.54. The van der Waals surface area contributed by atoms with Gasteiger partial charge in [-0.25, -0.2) is 0 Å². The van der Waals surface area contributed by atoms with Crippen molar-refractivity contribution in [2.45, 2.75) is 19.7 Å². The summed E-state index contributed by atoms with van der Waals surface area (Å²) >= 11 is 0. The van der Waals surface area contributed by atoms with E-state index < -0.39 is 19.7 Å². The molecular weight excluding hydrogens is 148 g/mol. The van der Waals surface area contributed by atoms with E-state index in [9.17, 15) is 0 Å². The third-order valence-electron chi connectivity index (χ3n) is 1.52. The minimum atomic E-state index is -2.46. The monoisotopic (exact) mass is 170 g/mol. The maximum absolute atomic E-state index is 7.29. The Morgan fingerprint density at radius 2 is 2.00 bits per heavy atom. The Hall–Kier alpha value is 0.210. The van der Waals surface area contributed by atoms with E-state index in [0.717, 1.165) is 0 Å². The van der Waals surface area contributed by atoms with Crippen LogP contribution in [0.3, 0.4) is 0 Å². The summed E-state index contributed by atoms with van der Waals surface area (Å²) in [6, 6.07) is -1.34. The zero-order valence-corrected chi connectivity index (χ0v) is 6.58. The van der Waals surface area contributed by atoms with E-state index in [2.05, 4.69) is 5.32 Å². The van der Waals surface area contributed by atoms with Gasteiger partial charge in [-0.3, -0.25) is 4.90 Å². The summed E-state index contributed by atoms with van der Waals surface area (Å²) in [5.41, 5.74) is 0.